The fourth-order valence-corrected chi connectivity index (χ4v) is 7.73. The second-order valence-corrected chi connectivity index (χ2v) is 9.60. The van der Waals surface area contributed by atoms with E-state index < -0.39 is 0 Å². The summed E-state index contributed by atoms with van der Waals surface area (Å²) < 4.78 is 0. The Labute approximate surface area is 88.3 Å². The van der Waals surface area contributed by atoms with Crippen molar-refractivity contribution in [1.82, 2.24) is 0 Å². The van der Waals surface area contributed by atoms with Gasteiger partial charge in [-0.3, -0.25) is 0 Å². The van der Waals surface area contributed by atoms with Gasteiger partial charge in [-0.25, -0.2) is 0 Å². The molecule has 0 aliphatic rings. The van der Waals surface area contributed by atoms with Gasteiger partial charge in [-0.2, -0.15) is 0 Å². The summed E-state index contributed by atoms with van der Waals surface area (Å²) in [5, 5.41) is 3.38. The van der Waals surface area contributed by atoms with Crippen LogP contribution in [0.1, 0.15) is 9.75 Å². The molecule has 0 aliphatic heterocycles. The Hall–Kier alpha value is 0.560. The van der Waals surface area contributed by atoms with Crippen LogP contribution in [0.3, 0.4) is 0 Å². The lowest BCUT2D eigenvalue weighted by molar-refractivity contribution is 1.69. The predicted molar refractivity (Wildman–Crippen MR) is 70.6 cm³/mol. The second kappa shape index (κ2) is 4.39. The van der Waals surface area contributed by atoms with Gasteiger partial charge in [0.05, 0.1) is 0 Å². The van der Waals surface area contributed by atoms with E-state index >= 15 is 0 Å². The molecule has 0 atom stereocenters. The number of hydrogen-bond acceptors (Lipinski definition) is 1. The minimum atomic E-state index is 0.0778. The van der Waals surface area contributed by atoms with Gasteiger partial charge in [0.25, 0.3) is 0 Å². The van der Waals surface area contributed by atoms with Crippen molar-refractivity contribution in [1.29, 1.82) is 0 Å². The molecule has 0 nitrogen and oxygen atoms in total. The van der Waals surface area contributed by atoms with E-state index in [2.05, 4.69) is 40.5 Å². The summed E-state index contributed by atoms with van der Waals surface area (Å²) in [6.45, 7) is 14.0. The molecule has 3 heteroatoms. The quantitative estimate of drug-likeness (QED) is 0.687. The van der Waals surface area contributed by atoms with Crippen molar-refractivity contribution < 1.29 is 0 Å². The Kier molecular flexibility index (Phi) is 3.93. The van der Waals surface area contributed by atoms with Crippen molar-refractivity contribution in [3.05, 3.63) is 9.75 Å². The van der Waals surface area contributed by atoms with Crippen LogP contribution in [0.15, 0.2) is 0 Å². The van der Waals surface area contributed by atoms with Crippen LogP contribution in [0.4, 0.5) is 0 Å². The number of hydrogen-bond donors (Lipinski definition) is 0. The molecule has 0 saturated carbocycles. The van der Waals surface area contributed by atoms with Crippen molar-refractivity contribution in [3.63, 3.8) is 0 Å². The Morgan fingerprint density at radius 3 is 1.31 bits per heavy atom. The average molecular weight is 232 g/mol. The van der Waals surface area contributed by atoms with Crippen LogP contribution in [0.5, 0.6) is 0 Å². The van der Waals surface area contributed by atoms with Gasteiger partial charge in [0.1, 0.15) is 0 Å². The highest BCUT2D eigenvalue weighted by Gasteiger charge is 2.17. The summed E-state index contributed by atoms with van der Waals surface area (Å²) in [7, 11) is 0.156. The van der Waals surface area contributed by atoms with Gasteiger partial charge in [-0.05, 0) is 51.1 Å². The van der Waals surface area contributed by atoms with Crippen molar-refractivity contribution >= 4 is 37.8 Å². The zero-order valence-corrected chi connectivity index (χ0v) is 11.9. The minimum Gasteiger partial charge on any atom is -0.145 e. The third kappa shape index (κ3) is 2.32. The highest BCUT2D eigenvalue weighted by Crippen LogP contribution is 2.36. The molecule has 0 N–H and O–H groups in total. The zero-order valence-electron chi connectivity index (χ0n) is 9.30. The fraction of sp³-hybridized carbons (Fsp3) is 0.600. The predicted octanol–water partition coefficient (Wildman–Crippen LogP) is 3.10. The molecule has 0 saturated heterocycles. The largest absolute Gasteiger partial charge is 0.145 e. The van der Waals surface area contributed by atoms with E-state index in [1.807, 2.05) is 11.3 Å². The molecule has 74 valence electrons. The van der Waals surface area contributed by atoms with Gasteiger partial charge in [0.2, 0.25) is 0 Å². The van der Waals surface area contributed by atoms with Crippen LogP contribution < -0.4 is 10.6 Å². The first-order valence-corrected chi connectivity index (χ1v) is 9.68. The molecule has 0 bridgehead atoms. The van der Waals surface area contributed by atoms with Crippen molar-refractivity contribution in [3.8, 4) is 0 Å². The first-order chi connectivity index (χ1) is 5.95. The monoisotopic (exact) mass is 232 g/mol. The first-order valence-electron chi connectivity index (χ1n) is 4.39. The maximum Gasteiger partial charge on any atom is 0.0100 e. The molecule has 0 unspecified atom stereocenters. The van der Waals surface area contributed by atoms with E-state index in [1.54, 1.807) is 20.4 Å². The number of aryl methyl sites for hydroxylation is 2. The highest BCUT2D eigenvalue weighted by molar-refractivity contribution is 7.71. The molecule has 1 rings (SSSR count). The van der Waals surface area contributed by atoms with Crippen molar-refractivity contribution in [2.24, 2.45) is 0 Å². The number of thiophene rings is 1. The van der Waals surface area contributed by atoms with Crippen molar-refractivity contribution in [2.45, 2.75) is 13.8 Å². The number of rotatable bonds is 2. The zero-order chi connectivity index (χ0) is 10.2. The van der Waals surface area contributed by atoms with E-state index in [-0.39, 0.29) is 15.8 Å². The topological polar surface area (TPSA) is 0 Å². The third-order valence-corrected chi connectivity index (χ3v) is 6.50. The SMILES string of the molecule is Cc1sc(C)c(P(C)C)c1P(C)C. The summed E-state index contributed by atoms with van der Waals surface area (Å²) in [6.07, 6.45) is 0. The van der Waals surface area contributed by atoms with Crippen molar-refractivity contribution in [2.75, 3.05) is 26.7 Å². The maximum atomic E-state index is 2.37. The summed E-state index contributed by atoms with van der Waals surface area (Å²) in [6, 6.07) is 0. The summed E-state index contributed by atoms with van der Waals surface area (Å²) >= 11 is 1.98. The molecule has 0 amide bonds. The Morgan fingerprint density at radius 1 is 0.769 bits per heavy atom. The summed E-state index contributed by atoms with van der Waals surface area (Å²) in [5.74, 6) is 0. The van der Waals surface area contributed by atoms with Crippen LogP contribution in [-0.4, -0.2) is 26.7 Å². The van der Waals surface area contributed by atoms with Crippen LogP contribution in [0, 0.1) is 13.8 Å². The third-order valence-electron chi connectivity index (χ3n) is 2.09. The van der Waals surface area contributed by atoms with Gasteiger partial charge in [0, 0.05) is 9.75 Å². The summed E-state index contributed by atoms with van der Waals surface area (Å²) in [5.41, 5.74) is 0. The van der Waals surface area contributed by atoms with Crippen LogP contribution in [0.2, 0.25) is 0 Å². The smallest absolute Gasteiger partial charge is 0.0100 e. The molecular weight excluding hydrogens is 214 g/mol. The first kappa shape index (κ1) is 11.6. The van der Waals surface area contributed by atoms with E-state index in [4.69, 9.17) is 0 Å². The molecule has 1 aromatic heterocycles. The Morgan fingerprint density at radius 2 is 1.08 bits per heavy atom. The molecular formula is C10H18P2S. The fourth-order valence-electron chi connectivity index (χ4n) is 1.71. The van der Waals surface area contributed by atoms with Crippen LogP contribution in [0.25, 0.3) is 0 Å². The molecule has 1 aromatic rings. The lowest BCUT2D eigenvalue weighted by atomic mass is 10.4. The van der Waals surface area contributed by atoms with Gasteiger partial charge in [0.15, 0.2) is 0 Å². The molecule has 0 aliphatic carbocycles. The Balaban J connectivity index is 3.29. The average Bonchev–Trinajstić information content (AvgIpc) is 2.24. The van der Waals surface area contributed by atoms with Gasteiger partial charge >= 0.3 is 0 Å². The van der Waals surface area contributed by atoms with E-state index in [0.717, 1.165) is 0 Å². The highest BCUT2D eigenvalue weighted by atomic mass is 32.1. The van der Waals surface area contributed by atoms with E-state index in [0.29, 0.717) is 0 Å². The lowest BCUT2D eigenvalue weighted by Gasteiger charge is -2.13. The molecule has 0 spiro atoms. The van der Waals surface area contributed by atoms with E-state index in [1.165, 1.54) is 0 Å². The second-order valence-electron chi connectivity index (χ2n) is 3.70. The normalized spacial score (nSPS) is 11.7. The standard InChI is InChI=1S/C10H18P2S/c1-7-9(11(3)4)10(12(5)6)8(2)13-7/h1-6H3. The molecule has 0 aromatic carbocycles. The van der Waals surface area contributed by atoms with Crippen LogP contribution >= 0.6 is 27.2 Å². The van der Waals surface area contributed by atoms with Gasteiger partial charge in [-0.1, -0.05) is 15.8 Å². The molecule has 13 heavy (non-hydrogen) atoms. The van der Waals surface area contributed by atoms with E-state index in [9.17, 15) is 0 Å². The van der Waals surface area contributed by atoms with Gasteiger partial charge < -0.3 is 0 Å². The van der Waals surface area contributed by atoms with Gasteiger partial charge in [-0.15, -0.1) is 11.3 Å². The molecule has 0 radical (unpaired) electrons. The Bertz CT molecular complexity index is 272. The summed E-state index contributed by atoms with van der Waals surface area (Å²) in [4.78, 5) is 3.11. The van der Waals surface area contributed by atoms with Crippen LogP contribution in [-0.2, 0) is 0 Å². The molecule has 1 heterocycles. The molecule has 0 fully saturated rings. The minimum absolute atomic E-state index is 0.0778. The lowest BCUT2D eigenvalue weighted by Crippen LogP contribution is -2.20. The maximum absolute atomic E-state index is 2.37.